The molecule has 0 aliphatic heterocycles. The molecule has 116 valence electrons. The number of amides is 1. The van der Waals surface area contributed by atoms with E-state index in [0.717, 1.165) is 0 Å². The molecular weight excluding hydrogens is 317 g/mol. The summed E-state index contributed by atoms with van der Waals surface area (Å²) in [5.41, 5.74) is -0.176. The average Bonchev–Trinajstić information content (AvgIpc) is 2.23. The summed E-state index contributed by atoms with van der Waals surface area (Å²) in [4.78, 5) is 22.8. The summed E-state index contributed by atoms with van der Waals surface area (Å²) in [6.45, 7) is 5.15. The van der Waals surface area contributed by atoms with Gasteiger partial charge in [0, 0.05) is 10.0 Å². The van der Waals surface area contributed by atoms with Crippen molar-refractivity contribution in [3.8, 4) is 0 Å². The lowest BCUT2D eigenvalue weighted by atomic mass is 10.0. The summed E-state index contributed by atoms with van der Waals surface area (Å²) in [6.07, 6.45) is -1.01. The number of rotatable bonds is 4. The Morgan fingerprint density at radius 3 is 2.19 bits per heavy atom. The fourth-order valence-corrected chi connectivity index (χ4v) is 2.20. The fraction of sp³-hybridized carbons (Fsp3) is 0.429. The van der Waals surface area contributed by atoms with Gasteiger partial charge >= 0.3 is 12.1 Å². The van der Waals surface area contributed by atoms with Gasteiger partial charge in [0.05, 0.1) is 12.5 Å². The van der Waals surface area contributed by atoms with E-state index < -0.39 is 23.7 Å². The first-order chi connectivity index (χ1) is 9.56. The van der Waals surface area contributed by atoms with Crippen LogP contribution in [-0.2, 0) is 9.53 Å². The van der Waals surface area contributed by atoms with Gasteiger partial charge in [-0.3, -0.25) is 4.79 Å². The van der Waals surface area contributed by atoms with Crippen LogP contribution in [0.3, 0.4) is 0 Å². The van der Waals surface area contributed by atoms with Crippen molar-refractivity contribution in [2.75, 3.05) is 0 Å². The predicted molar refractivity (Wildman–Crippen MR) is 80.8 cm³/mol. The van der Waals surface area contributed by atoms with Gasteiger partial charge in [0.1, 0.15) is 5.60 Å². The molecule has 5 nitrogen and oxygen atoms in total. The zero-order valence-electron chi connectivity index (χ0n) is 11.9. The Hall–Kier alpha value is -1.46. The number of carboxylic acids is 1. The van der Waals surface area contributed by atoms with Gasteiger partial charge in [0.15, 0.2) is 0 Å². The molecule has 7 heteroatoms. The van der Waals surface area contributed by atoms with Crippen LogP contribution in [0.1, 0.15) is 38.8 Å². The number of aliphatic carboxylic acids is 1. The Labute approximate surface area is 133 Å². The molecule has 21 heavy (non-hydrogen) atoms. The van der Waals surface area contributed by atoms with Gasteiger partial charge in [-0.1, -0.05) is 23.2 Å². The molecule has 0 aromatic heterocycles. The van der Waals surface area contributed by atoms with E-state index in [1.807, 2.05) is 0 Å². The Morgan fingerprint density at radius 1 is 1.24 bits per heavy atom. The van der Waals surface area contributed by atoms with Crippen LogP contribution in [0, 0.1) is 0 Å². The van der Waals surface area contributed by atoms with Crippen LogP contribution in [0.2, 0.25) is 10.0 Å². The van der Waals surface area contributed by atoms with Crippen molar-refractivity contribution in [3.63, 3.8) is 0 Å². The lowest BCUT2D eigenvalue weighted by Gasteiger charge is -2.23. The third-order valence-corrected chi connectivity index (χ3v) is 2.79. The van der Waals surface area contributed by atoms with E-state index in [-0.39, 0.29) is 6.42 Å². The second-order valence-corrected chi connectivity index (χ2v) is 6.37. The van der Waals surface area contributed by atoms with Crippen LogP contribution in [-0.4, -0.2) is 22.8 Å². The molecule has 1 amide bonds. The van der Waals surface area contributed by atoms with Gasteiger partial charge in [-0.05, 0) is 44.5 Å². The van der Waals surface area contributed by atoms with E-state index in [0.29, 0.717) is 15.6 Å². The van der Waals surface area contributed by atoms with E-state index >= 15 is 0 Å². The smallest absolute Gasteiger partial charge is 0.408 e. The molecule has 0 saturated heterocycles. The van der Waals surface area contributed by atoms with Crippen LogP contribution >= 0.6 is 23.2 Å². The molecule has 1 atom stereocenters. The monoisotopic (exact) mass is 333 g/mol. The first-order valence-corrected chi connectivity index (χ1v) is 7.00. The van der Waals surface area contributed by atoms with Crippen molar-refractivity contribution in [2.45, 2.75) is 38.8 Å². The number of nitrogens with one attached hydrogen (secondary N) is 1. The maximum absolute atomic E-state index is 11.8. The Kier molecular flexibility index (Phi) is 5.87. The number of halogens is 2. The maximum atomic E-state index is 11.8. The fourth-order valence-electron chi connectivity index (χ4n) is 1.65. The number of benzene rings is 1. The first-order valence-electron chi connectivity index (χ1n) is 6.24. The predicted octanol–water partition coefficient (Wildman–Crippen LogP) is 4.03. The molecule has 0 spiro atoms. The minimum absolute atomic E-state index is 0.310. The van der Waals surface area contributed by atoms with Gasteiger partial charge in [-0.15, -0.1) is 0 Å². The number of ether oxygens (including phenoxy) is 1. The van der Waals surface area contributed by atoms with Crippen LogP contribution < -0.4 is 5.32 Å². The number of carboxylic acid groups (broad SMARTS) is 1. The van der Waals surface area contributed by atoms with E-state index in [2.05, 4.69) is 5.32 Å². The minimum atomic E-state index is -1.06. The van der Waals surface area contributed by atoms with E-state index in [1.165, 1.54) is 6.07 Å². The van der Waals surface area contributed by atoms with Gasteiger partial charge in [-0.2, -0.15) is 0 Å². The SMILES string of the molecule is CC(C)(C)OC(=O)N[C@H](CC(=O)O)c1cc(Cl)cc(Cl)c1. The highest BCUT2D eigenvalue weighted by Gasteiger charge is 2.23. The highest BCUT2D eigenvalue weighted by atomic mass is 35.5. The Bertz CT molecular complexity index is 520. The third kappa shape index (κ3) is 6.69. The molecule has 0 radical (unpaired) electrons. The van der Waals surface area contributed by atoms with E-state index in [9.17, 15) is 9.59 Å². The van der Waals surface area contributed by atoms with Gasteiger partial charge < -0.3 is 15.2 Å². The molecule has 0 aliphatic carbocycles. The standard InChI is InChI=1S/C14H17Cl2NO4/c1-14(2,3)21-13(20)17-11(7-12(18)19)8-4-9(15)6-10(16)5-8/h4-6,11H,7H2,1-3H3,(H,17,20)(H,18,19)/t11-/m1/s1. The minimum Gasteiger partial charge on any atom is -0.481 e. The van der Waals surface area contributed by atoms with Crippen LogP contribution in [0.25, 0.3) is 0 Å². The van der Waals surface area contributed by atoms with Crippen LogP contribution in [0.5, 0.6) is 0 Å². The quantitative estimate of drug-likeness (QED) is 0.871. The van der Waals surface area contributed by atoms with Gasteiger partial charge in [-0.25, -0.2) is 4.79 Å². The zero-order chi connectivity index (χ0) is 16.2. The summed E-state index contributed by atoms with van der Waals surface area (Å²) in [6, 6.07) is 3.85. The largest absolute Gasteiger partial charge is 0.481 e. The lowest BCUT2D eigenvalue weighted by Crippen LogP contribution is -2.35. The molecule has 0 saturated carbocycles. The summed E-state index contributed by atoms with van der Waals surface area (Å²) < 4.78 is 5.12. The second kappa shape index (κ2) is 7.00. The zero-order valence-corrected chi connectivity index (χ0v) is 13.5. The summed E-state index contributed by atoms with van der Waals surface area (Å²) >= 11 is 11.8. The molecule has 0 aliphatic rings. The number of carbonyl (C=O) groups excluding carboxylic acids is 1. The van der Waals surface area contributed by atoms with Gasteiger partial charge in [0.2, 0.25) is 0 Å². The lowest BCUT2D eigenvalue weighted by molar-refractivity contribution is -0.137. The maximum Gasteiger partial charge on any atom is 0.408 e. The van der Waals surface area contributed by atoms with E-state index in [4.69, 9.17) is 33.0 Å². The molecule has 1 aromatic rings. The molecule has 2 N–H and O–H groups in total. The normalized spacial score (nSPS) is 12.6. The number of hydrogen-bond acceptors (Lipinski definition) is 3. The summed E-state index contributed by atoms with van der Waals surface area (Å²) in [5.74, 6) is -1.06. The molecule has 1 rings (SSSR count). The third-order valence-electron chi connectivity index (χ3n) is 2.36. The number of alkyl carbamates (subject to hydrolysis) is 1. The molecule has 0 heterocycles. The van der Waals surface area contributed by atoms with Crippen molar-refractivity contribution in [1.82, 2.24) is 5.32 Å². The summed E-state index contributed by atoms with van der Waals surface area (Å²) in [7, 11) is 0. The molecule has 0 unspecified atom stereocenters. The first kappa shape index (κ1) is 17.6. The van der Waals surface area contributed by atoms with Crippen molar-refractivity contribution in [2.24, 2.45) is 0 Å². The Balaban J connectivity index is 2.95. The molecule has 0 bridgehead atoms. The highest BCUT2D eigenvalue weighted by Crippen LogP contribution is 2.25. The molecule has 1 aromatic carbocycles. The highest BCUT2D eigenvalue weighted by molar-refractivity contribution is 6.34. The second-order valence-electron chi connectivity index (χ2n) is 5.50. The summed E-state index contributed by atoms with van der Waals surface area (Å²) in [5, 5.41) is 12.2. The van der Waals surface area contributed by atoms with Crippen molar-refractivity contribution in [1.29, 1.82) is 0 Å². The Morgan fingerprint density at radius 2 is 1.76 bits per heavy atom. The number of carbonyl (C=O) groups is 2. The van der Waals surface area contributed by atoms with E-state index in [1.54, 1.807) is 32.9 Å². The number of hydrogen-bond donors (Lipinski definition) is 2. The average molecular weight is 334 g/mol. The topological polar surface area (TPSA) is 75.6 Å². The van der Waals surface area contributed by atoms with Crippen LogP contribution in [0.4, 0.5) is 4.79 Å². The van der Waals surface area contributed by atoms with Crippen LogP contribution in [0.15, 0.2) is 18.2 Å². The molecule has 0 fully saturated rings. The van der Waals surface area contributed by atoms with Crippen molar-refractivity contribution < 1.29 is 19.4 Å². The molecular formula is C14H17Cl2NO4. The van der Waals surface area contributed by atoms with Crippen molar-refractivity contribution in [3.05, 3.63) is 33.8 Å². The van der Waals surface area contributed by atoms with Gasteiger partial charge in [0.25, 0.3) is 0 Å². The van der Waals surface area contributed by atoms with Crippen molar-refractivity contribution >= 4 is 35.3 Å².